The molecule has 1 heterocycles. The van der Waals surface area contributed by atoms with E-state index in [4.69, 9.17) is 4.74 Å². The van der Waals surface area contributed by atoms with Crippen LogP contribution >= 0.6 is 11.3 Å². The maximum atomic E-state index is 5.75. The first-order chi connectivity index (χ1) is 9.40. The van der Waals surface area contributed by atoms with Crippen molar-refractivity contribution in [3.63, 3.8) is 0 Å². The Kier molecular flexibility index (Phi) is 4.15. The molecule has 0 bridgehead atoms. The molecule has 0 saturated heterocycles. The Hall–Kier alpha value is -1.33. The minimum Gasteiger partial charge on any atom is -0.447 e. The minimum atomic E-state index is -0.0881. The summed E-state index contributed by atoms with van der Waals surface area (Å²) in [5.74, 6) is 0.906. The van der Waals surface area contributed by atoms with Crippen LogP contribution in [0, 0.1) is 7.14 Å². The first kappa shape index (κ1) is 12.7. The van der Waals surface area contributed by atoms with Gasteiger partial charge in [0.1, 0.15) is 5.75 Å². The van der Waals surface area contributed by atoms with E-state index in [1.165, 1.54) is 7.14 Å². The first-order valence-corrected chi connectivity index (χ1v) is 8.95. The fraction of sp³-hybridized carbons (Fsp3) is 0. The summed E-state index contributed by atoms with van der Waals surface area (Å²) in [4.78, 5) is 0. The molecular formula is C16H12IOS+. The van der Waals surface area contributed by atoms with Crippen LogP contribution < -0.4 is 25.9 Å². The van der Waals surface area contributed by atoms with Gasteiger partial charge in [0.25, 0.3) is 0 Å². The minimum absolute atomic E-state index is 0.0881. The van der Waals surface area contributed by atoms with Gasteiger partial charge in [-0.05, 0) is 53.9 Å². The highest BCUT2D eigenvalue weighted by atomic mass is 127. The Bertz CT molecular complexity index is 618. The number of halogens is 1. The highest BCUT2D eigenvalue weighted by Gasteiger charge is 2.14. The number of hydrogen-bond acceptors (Lipinski definition) is 2. The summed E-state index contributed by atoms with van der Waals surface area (Å²) in [5, 5.41) is 2.95. The Morgan fingerprint density at radius 1 is 0.737 bits per heavy atom. The van der Waals surface area contributed by atoms with Crippen LogP contribution in [-0.4, -0.2) is 0 Å². The van der Waals surface area contributed by atoms with E-state index >= 15 is 0 Å². The van der Waals surface area contributed by atoms with Crippen molar-refractivity contribution in [2.45, 2.75) is 0 Å². The van der Waals surface area contributed by atoms with Gasteiger partial charge in [0, 0.05) is 0 Å². The Labute approximate surface area is 127 Å². The molecule has 2 aromatic carbocycles. The van der Waals surface area contributed by atoms with E-state index in [0.29, 0.717) is 0 Å². The summed E-state index contributed by atoms with van der Waals surface area (Å²) >= 11 is 1.52. The van der Waals surface area contributed by atoms with Crippen molar-refractivity contribution in [3.05, 3.63) is 79.3 Å². The van der Waals surface area contributed by atoms with E-state index < -0.39 is 0 Å². The van der Waals surface area contributed by atoms with Gasteiger partial charge in [0.15, 0.2) is 12.2 Å². The van der Waals surface area contributed by atoms with Crippen molar-refractivity contribution in [1.29, 1.82) is 0 Å². The van der Waals surface area contributed by atoms with Crippen molar-refractivity contribution < 1.29 is 25.9 Å². The quantitative estimate of drug-likeness (QED) is 0.627. The third kappa shape index (κ3) is 3.58. The predicted molar refractivity (Wildman–Crippen MR) is 74.7 cm³/mol. The maximum Gasteiger partial charge on any atom is 0.357 e. The van der Waals surface area contributed by atoms with E-state index in [2.05, 4.69) is 54.6 Å². The summed E-state index contributed by atoms with van der Waals surface area (Å²) in [7, 11) is 0. The van der Waals surface area contributed by atoms with Crippen LogP contribution in [0.3, 0.4) is 0 Å². The summed E-state index contributed by atoms with van der Waals surface area (Å²) in [6.45, 7) is 0. The van der Waals surface area contributed by atoms with Crippen LogP contribution in [0.15, 0.2) is 72.1 Å². The zero-order chi connectivity index (χ0) is 12.9. The summed E-state index contributed by atoms with van der Waals surface area (Å²) in [6.07, 6.45) is 0. The summed E-state index contributed by atoms with van der Waals surface area (Å²) < 4.78 is 8.60. The molecule has 1 aromatic heterocycles. The lowest BCUT2D eigenvalue weighted by Gasteiger charge is -2.00. The van der Waals surface area contributed by atoms with Gasteiger partial charge in [0.2, 0.25) is 0 Å². The second kappa shape index (κ2) is 6.21. The lowest BCUT2D eigenvalue weighted by Crippen LogP contribution is -3.61. The van der Waals surface area contributed by atoms with Crippen molar-refractivity contribution in [3.8, 4) is 10.8 Å². The van der Waals surface area contributed by atoms with Gasteiger partial charge < -0.3 is 4.74 Å². The van der Waals surface area contributed by atoms with E-state index in [0.717, 1.165) is 10.8 Å². The molecule has 0 aliphatic heterocycles. The molecule has 0 fully saturated rings. The average molecular weight is 379 g/mol. The highest BCUT2D eigenvalue weighted by molar-refractivity contribution is 7.11. The molecule has 0 spiro atoms. The van der Waals surface area contributed by atoms with Gasteiger partial charge >= 0.3 is 21.2 Å². The molecule has 19 heavy (non-hydrogen) atoms. The maximum absolute atomic E-state index is 5.75. The molecule has 3 rings (SSSR count). The van der Waals surface area contributed by atoms with E-state index in [1.807, 2.05) is 17.5 Å². The number of rotatable bonds is 4. The highest BCUT2D eigenvalue weighted by Crippen LogP contribution is 2.25. The first-order valence-electron chi connectivity index (χ1n) is 5.91. The average Bonchev–Trinajstić information content (AvgIpc) is 2.95. The smallest absolute Gasteiger partial charge is 0.357 e. The van der Waals surface area contributed by atoms with Gasteiger partial charge in [-0.15, -0.1) is 11.3 Å². The van der Waals surface area contributed by atoms with Gasteiger partial charge in [-0.25, -0.2) is 0 Å². The SMILES string of the molecule is c1ccc([I+]c2ccc(Oc3cccs3)cc2)cc1. The fourth-order valence-corrected chi connectivity index (χ4v) is 4.41. The zero-order valence-corrected chi connectivity index (χ0v) is 13.1. The summed E-state index contributed by atoms with van der Waals surface area (Å²) in [5.41, 5.74) is 0. The number of hydrogen-bond donors (Lipinski definition) is 0. The van der Waals surface area contributed by atoms with Crippen LogP contribution in [-0.2, 0) is 0 Å². The van der Waals surface area contributed by atoms with Gasteiger partial charge in [-0.3, -0.25) is 0 Å². The van der Waals surface area contributed by atoms with Gasteiger partial charge in [-0.2, -0.15) is 0 Å². The molecule has 0 aliphatic rings. The Balaban J connectivity index is 1.69. The second-order valence-corrected chi connectivity index (χ2v) is 7.82. The Morgan fingerprint density at radius 2 is 1.47 bits per heavy atom. The van der Waals surface area contributed by atoms with Crippen molar-refractivity contribution in [2.24, 2.45) is 0 Å². The van der Waals surface area contributed by atoms with Crippen LogP contribution in [0.4, 0.5) is 0 Å². The topological polar surface area (TPSA) is 9.23 Å². The van der Waals surface area contributed by atoms with Crippen molar-refractivity contribution in [2.75, 3.05) is 0 Å². The molecular weight excluding hydrogens is 367 g/mol. The van der Waals surface area contributed by atoms with Crippen LogP contribution in [0.1, 0.15) is 0 Å². The summed E-state index contributed by atoms with van der Waals surface area (Å²) in [6, 6.07) is 23.1. The molecule has 1 nitrogen and oxygen atoms in total. The van der Waals surface area contributed by atoms with Crippen LogP contribution in [0.2, 0.25) is 0 Å². The van der Waals surface area contributed by atoms with Crippen LogP contribution in [0.5, 0.6) is 10.8 Å². The molecule has 0 saturated carbocycles. The molecule has 3 aromatic rings. The number of ether oxygens (including phenoxy) is 1. The van der Waals surface area contributed by atoms with Crippen LogP contribution in [0.25, 0.3) is 0 Å². The molecule has 3 heteroatoms. The van der Waals surface area contributed by atoms with Gasteiger partial charge in [-0.1, -0.05) is 18.2 Å². The Morgan fingerprint density at radius 3 is 2.16 bits per heavy atom. The van der Waals surface area contributed by atoms with Crippen molar-refractivity contribution >= 4 is 11.3 Å². The zero-order valence-electron chi connectivity index (χ0n) is 10.1. The third-order valence-corrected chi connectivity index (χ3v) is 5.91. The third-order valence-electron chi connectivity index (χ3n) is 2.48. The predicted octanol–water partition coefficient (Wildman–Crippen LogP) is 1.67. The van der Waals surface area contributed by atoms with Crippen molar-refractivity contribution in [1.82, 2.24) is 0 Å². The van der Waals surface area contributed by atoms with E-state index in [-0.39, 0.29) is 21.2 Å². The standard InChI is InChI=1S/C16H12IOS/c1-2-5-13(6-3-1)17-14-8-10-15(11-9-14)18-16-7-4-12-19-16/h1-12H/q+1. The molecule has 0 amide bonds. The number of thiophene rings is 1. The molecule has 0 radical (unpaired) electrons. The molecule has 0 aliphatic carbocycles. The molecule has 94 valence electrons. The molecule has 0 N–H and O–H groups in total. The number of benzene rings is 2. The van der Waals surface area contributed by atoms with Gasteiger partial charge in [0.05, 0.1) is 0 Å². The monoisotopic (exact) mass is 379 g/mol. The largest absolute Gasteiger partial charge is 0.447 e. The van der Waals surface area contributed by atoms with E-state index in [1.54, 1.807) is 11.3 Å². The lowest BCUT2D eigenvalue weighted by atomic mass is 10.3. The normalized spacial score (nSPS) is 10.3. The lowest BCUT2D eigenvalue weighted by molar-refractivity contribution is -0.597. The molecule has 0 atom stereocenters. The second-order valence-electron chi connectivity index (χ2n) is 3.88. The molecule has 0 unspecified atom stereocenters. The van der Waals surface area contributed by atoms with E-state index in [9.17, 15) is 0 Å². The fourth-order valence-electron chi connectivity index (χ4n) is 1.61.